The molecule has 0 aromatic carbocycles. The molecule has 0 radical (unpaired) electrons. The quantitative estimate of drug-likeness (QED) is 0.798. The molecule has 3 unspecified atom stereocenters. The molecule has 0 saturated heterocycles. The minimum Gasteiger partial charge on any atom is -0.497 e. The Morgan fingerprint density at radius 2 is 2.16 bits per heavy atom. The summed E-state index contributed by atoms with van der Waals surface area (Å²) < 4.78 is 5.47. The van der Waals surface area contributed by atoms with Crippen LogP contribution in [0.3, 0.4) is 0 Å². The van der Waals surface area contributed by atoms with E-state index in [9.17, 15) is 14.4 Å². The highest BCUT2D eigenvalue weighted by Crippen LogP contribution is 2.30. The van der Waals surface area contributed by atoms with E-state index >= 15 is 0 Å². The van der Waals surface area contributed by atoms with E-state index in [1.54, 1.807) is 0 Å². The zero-order valence-corrected chi connectivity index (χ0v) is 13.7. The van der Waals surface area contributed by atoms with Gasteiger partial charge in [-0.3, -0.25) is 19.4 Å². The molecule has 2 amide bonds. The molecule has 1 aromatic heterocycles. The summed E-state index contributed by atoms with van der Waals surface area (Å²) >= 11 is 0. The van der Waals surface area contributed by atoms with Crippen LogP contribution in [0.15, 0.2) is 30.9 Å². The summed E-state index contributed by atoms with van der Waals surface area (Å²) in [5.74, 6) is -0.632. The van der Waals surface area contributed by atoms with E-state index in [2.05, 4.69) is 20.6 Å². The van der Waals surface area contributed by atoms with Gasteiger partial charge >= 0.3 is 0 Å². The zero-order chi connectivity index (χ0) is 17.6. The van der Waals surface area contributed by atoms with Crippen LogP contribution in [-0.2, 0) is 14.3 Å². The summed E-state index contributed by atoms with van der Waals surface area (Å²) in [5, 5.41) is 5.57. The number of amides is 2. The third kappa shape index (κ3) is 4.40. The van der Waals surface area contributed by atoms with Crippen LogP contribution in [0.1, 0.15) is 36.2 Å². The first-order valence-electron chi connectivity index (χ1n) is 8.33. The molecule has 1 saturated carbocycles. The maximum atomic E-state index is 12.1. The molecule has 2 heterocycles. The lowest BCUT2D eigenvalue weighted by Gasteiger charge is -2.36. The number of ether oxygens (including phenoxy) is 1. The van der Waals surface area contributed by atoms with Gasteiger partial charge < -0.3 is 15.4 Å². The summed E-state index contributed by atoms with van der Waals surface area (Å²) in [4.78, 5) is 43.5. The molecule has 1 aromatic rings. The molecular formula is C17H20N4O4. The number of nitrogens with one attached hydrogen (secondary N) is 2. The van der Waals surface area contributed by atoms with Crippen molar-refractivity contribution in [1.82, 2.24) is 20.6 Å². The van der Waals surface area contributed by atoms with Crippen molar-refractivity contribution < 1.29 is 19.1 Å². The van der Waals surface area contributed by atoms with Crippen molar-refractivity contribution in [2.75, 3.05) is 6.54 Å². The highest BCUT2D eigenvalue weighted by atomic mass is 16.5. The van der Waals surface area contributed by atoms with Gasteiger partial charge in [-0.05, 0) is 19.3 Å². The molecular weight excluding hydrogens is 324 g/mol. The van der Waals surface area contributed by atoms with Gasteiger partial charge in [-0.15, -0.1) is 0 Å². The van der Waals surface area contributed by atoms with Crippen LogP contribution in [0, 0.1) is 5.92 Å². The first-order valence-corrected chi connectivity index (χ1v) is 8.33. The van der Waals surface area contributed by atoms with Crippen LogP contribution in [0.4, 0.5) is 0 Å². The maximum Gasteiger partial charge on any atom is 0.271 e. The van der Waals surface area contributed by atoms with Crippen molar-refractivity contribution in [1.29, 1.82) is 0 Å². The SMILES string of the molecule is O=C(CCNC(=O)c1cnccn1)NC1CCC2OC=CC(=O)C2C1. The number of nitrogens with zero attached hydrogens (tertiary/aromatic N) is 2. The van der Waals surface area contributed by atoms with Gasteiger partial charge in [0.2, 0.25) is 5.91 Å². The predicted octanol–water partition coefficient (Wildman–Crippen LogP) is 0.363. The van der Waals surface area contributed by atoms with Gasteiger partial charge in [-0.2, -0.15) is 0 Å². The van der Waals surface area contributed by atoms with E-state index in [4.69, 9.17) is 4.74 Å². The molecule has 3 rings (SSSR count). The molecule has 2 N–H and O–H groups in total. The van der Waals surface area contributed by atoms with Crippen molar-refractivity contribution in [3.63, 3.8) is 0 Å². The fraction of sp³-hybridized carbons (Fsp3) is 0.471. The van der Waals surface area contributed by atoms with Gasteiger partial charge in [0.25, 0.3) is 5.91 Å². The second-order valence-corrected chi connectivity index (χ2v) is 6.16. The fourth-order valence-electron chi connectivity index (χ4n) is 3.16. The second kappa shape index (κ2) is 7.87. The minimum atomic E-state index is -0.363. The Kier molecular flexibility index (Phi) is 5.37. The van der Waals surface area contributed by atoms with Gasteiger partial charge in [-0.25, -0.2) is 4.98 Å². The van der Waals surface area contributed by atoms with Crippen molar-refractivity contribution in [3.8, 4) is 0 Å². The van der Waals surface area contributed by atoms with Crippen LogP contribution < -0.4 is 10.6 Å². The molecule has 8 heteroatoms. The number of fused-ring (bicyclic) bond motifs is 1. The minimum absolute atomic E-state index is 0.0384. The molecule has 0 bridgehead atoms. The number of ketones is 1. The summed E-state index contributed by atoms with van der Waals surface area (Å²) in [6, 6.07) is -0.0384. The van der Waals surface area contributed by atoms with Crippen molar-refractivity contribution >= 4 is 17.6 Å². The Morgan fingerprint density at radius 3 is 2.96 bits per heavy atom. The lowest BCUT2D eigenvalue weighted by molar-refractivity contribution is -0.128. The number of hydrogen-bond acceptors (Lipinski definition) is 6. The van der Waals surface area contributed by atoms with Gasteiger partial charge in [0.05, 0.1) is 18.4 Å². The summed E-state index contributed by atoms with van der Waals surface area (Å²) in [7, 11) is 0. The molecule has 25 heavy (non-hydrogen) atoms. The van der Waals surface area contributed by atoms with E-state index in [0.29, 0.717) is 6.42 Å². The normalized spacial score (nSPS) is 24.8. The Morgan fingerprint density at radius 1 is 1.28 bits per heavy atom. The number of allylic oxidation sites excluding steroid dienone is 1. The summed E-state index contributed by atoms with van der Waals surface area (Å²) in [6.07, 6.45) is 9.40. The Balaban J connectivity index is 1.40. The molecule has 3 atom stereocenters. The molecule has 1 aliphatic heterocycles. The van der Waals surface area contributed by atoms with Gasteiger partial charge in [-0.1, -0.05) is 0 Å². The van der Waals surface area contributed by atoms with Crippen LogP contribution >= 0.6 is 0 Å². The van der Waals surface area contributed by atoms with E-state index in [0.717, 1.165) is 12.8 Å². The van der Waals surface area contributed by atoms with E-state index < -0.39 is 0 Å². The summed E-state index contributed by atoms with van der Waals surface area (Å²) in [5.41, 5.74) is 0.213. The number of rotatable bonds is 5. The molecule has 132 valence electrons. The lowest BCUT2D eigenvalue weighted by atomic mass is 9.80. The molecule has 1 aliphatic carbocycles. The monoisotopic (exact) mass is 344 g/mol. The second-order valence-electron chi connectivity index (χ2n) is 6.16. The van der Waals surface area contributed by atoms with Crippen LogP contribution in [0.2, 0.25) is 0 Å². The number of carbonyl (C=O) groups excluding carboxylic acids is 3. The third-order valence-electron chi connectivity index (χ3n) is 4.44. The third-order valence-corrected chi connectivity index (χ3v) is 4.44. The number of aromatic nitrogens is 2. The van der Waals surface area contributed by atoms with Crippen LogP contribution in [0.5, 0.6) is 0 Å². The van der Waals surface area contributed by atoms with Crippen molar-refractivity contribution in [2.45, 2.75) is 37.8 Å². The molecule has 0 spiro atoms. The van der Waals surface area contributed by atoms with Crippen molar-refractivity contribution in [2.24, 2.45) is 5.92 Å². The Bertz CT molecular complexity index is 676. The Hall–Kier alpha value is -2.77. The molecule has 1 fully saturated rings. The predicted molar refractivity (Wildman–Crippen MR) is 87.3 cm³/mol. The van der Waals surface area contributed by atoms with E-state index in [1.807, 2.05) is 0 Å². The standard InChI is InChI=1S/C17H20N4O4/c22-14-4-8-25-15-2-1-11(9-12(14)15)21-16(23)3-5-20-17(24)13-10-18-6-7-19-13/h4,6-8,10-12,15H,1-3,5,9H2,(H,20,24)(H,21,23). The molecule has 8 nitrogen and oxygen atoms in total. The van der Waals surface area contributed by atoms with Crippen LogP contribution in [-0.4, -0.2) is 46.3 Å². The number of hydrogen-bond donors (Lipinski definition) is 2. The highest BCUT2D eigenvalue weighted by molar-refractivity contribution is 5.93. The van der Waals surface area contributed by atoms with Gasteiger partial charge in [0.1, 0.15) is 11.8 Å². The molecule has 2 aliphatic rings. The topological polar surface area (TPSA) is 110 Å². The smallest absolute Gasteiger partial charge is 0.271 e. The summed E-state index contributed by atoms with van der Waals surface area (Å²) in [6.45, 7) is 0.213. The maximum absolute atomic E-state index is 12.1. The lowest BCUT2D eigenvalue weighted by Crippen LogP contribution is -2.46. The van der Waals surface area contributed by atoms with Crippen LogP contribution in [0.25, 0.3) is 0 Å². The van der Waals surface area contributed by atoms with E-state index in [1.165, 1.54) is 30.9 Å². The van der Waals surface area contributed by atoms with Crippen molar-refractivity contribution in [3.05, 3.63) is 36.6 Å². The fourth-order valence-corrected chi connectivity index (χ4v) is 3.16. The average molecular weight is 344 g/mol. The first kappa shape index (κ1) is 17.1. The zero-order valence-electron chi connectivity index (χ0n) is 13.7. The van der Waals surface area contributed by atoms with E-state index in [-0.39, 0.29) is 54.3 Å². The van der Waals surface area contributed by atoms with Gasteiger partial charge in [0, 0.05) is 37.5 Å². The Labute approximate surface area is 145 Å². The number of carbonyl (C=O) groups is 3. The van der Waals surface area contributed by atoms with Gasteiger partial charge in [0.15, 0.2) is 5.78 Å². The first-order chi connectivity index (χ1) is 12.1. The largest absolute Gasteiger partial charge is 0.497 e. The average Bonchev–Trinajstić information content (AvgIpc) is 2.63. The highest BCUT2D eigenvalue weighted by Gasteiger charge is 2.37.